The van der Waals surface area contributed by atoms with Crippen molar-refractivity contribution in [3.8, 4) is 0 Å². The average Bonchev–Trinajstić information content (AvgIpc) is 2.74. The number of halogens is 2. The Morgan fingerprint density at radius 2 is 2.06 bits per heavy atom. The van der Waals surface area contributed by atoms with Gasteiger partial charge in [0.1, 0.15) is 4.33 Å². The first-order valence-electron chi connectivity index (χ1n) is 5.12. The SMILES string of the molecule is Cn1cc(NC(=O)[C@]2(C)CC2(Cl)Cl)ccc1=O. The second-order valence-corrected chi connectivity index (χ2v) is 6.02. The Balaban J connectivity index is 2.15. The highest BCUT2D eigenvalue weighted by molar-refractivity contribution is 6.53. The van der Waals surface area contributed by atoms with Crippen molar-refractivity contribution in [2.24, 2.45) is 12.5 Å². The smallest absolute Gasteiger partial charge is 0.250 e. The minimum atomic E-state index is -0.988. The number of nitrogens with zero attached hydrogens (tertiary/aromatic N) is 1. The van der Waals surface area contributed by atoms with Crippen molar-refractivity contribution in [3.63, 3.8) is 0 Å². The second kappa shape index (κ2) is 3.75. The fourth-order valence-corrected chi connectivity index (χ4v) is 2.29. The molecule has 92 valence electrons. The van der Waals surface area contributed by atoms with Gasteiger partial charge in [0.05, 0.1) is 11.1 Å². The number of carbonyl (C=O) groups excluding carboxylic acids is 1. The normalized spacial score (nSPS) is 25.4. The van der Waals surface area contributed by atoms with Crippen LogP contribution in [0.5, 0.6) is 0 Å². The number of hydrogen-bond donors (Lipinski definition) is 1. The molecule has 0 unspecified atom stereocenters. The van der Waals surface area contributed by atoms with E-state index < -0.39 is 9.75 Å². The summed E-state index contributed by atoms with van der Waals surface area (Å²) in [5.41, 5.74) is -0.343. The first-order valence-corrected chi connectivity index (χ1v) is 5.88. The van der Waals surface area contributed by atoms with E-state index in [2.05, 4.69) is 5.32 Å². The van der Waals surface area contributed by atoms with Crippen LogP contribution in [0.25, 0.3) is 0 Å². The molecule has 6 heteroatoms. The van der Waals surface area contributed by atoms with Crippen LogP contribution in [0.1, 0.15) is 13.3 Å². The van der Waals surface area contributed by atoms with E-state index in [-0.39, 0.29) is 11.5 Å². The Morgan fingerprint density at radius 1 is 1.47 bits per heavy atom. The van der Waals surface area contributed by atoms with Gasteiger partial charge in [0, 0.05) is 19.3 Å². The molecule has 0 spiro atoms. The van der Waals surface area contributed by atoms with Gasteiger partial charge in [-0.25, -0.2) is 0 Å². The average molecular weight is 275 g/mol. The van der Waals surface area contributed by atoms with Gasteiger partial charge in [0.25, 0.3) is 0 Å². The quantitative estimate of drug-likeness (QED) is 0.838. The third-order valence-corrected chi connectivity index (χ3v) is 4.20. The zero-order valence-electron chi connectivity index (χ0n) is 9.46. The number of amides is 1. The van der Waals surface area contributed by atoms with E-state index in [1.807, 2.05) is 0 Å². The van der Waals surface area contributed by atoms with Gasteiger partial charge in [-0.2, -0.15) is 0 Å². The Morgan fingerprint density at radius 3 is 2.53 bits per heavy atom. The number of nitrogens with one attached hydrogen (secondary N) is 1. The van der Waals surface area contributed by atoms with Crippen LogP contribution in [0.15, 0.2) is 23.1 Å². The third-order valence-electron chi connectivity index (χ3n) is 3.10. The van der Waals surface area contributed by atoms with Crippen LogP contribution in [0.4, 0.5) is 5.69 Å². The van der Waals surface area contributed by atoms with E-state index in [4.69, 9.17) is 23.2 Å². The molecule has 0 aromatic carbocycles. The first kappa shape index (κ1) is 12.5. The van der Waals surface area contributed by atoms with E-state index in [0.717, 1.165) is 0 Å². The molecule has 17 heavy (non-hydrogen) atoms. The lowest BCUT2D eigenvalue weighted by Crippen LogP contribution is -2.26. The summed E-state index contributed by atoms with van der Waals surface area (Å²) in [5.74, 6) is -0.235. The summed E-state index contributed by atoms with van der Waals surface area (Å²) in [5, 5.41) is 2.70. The Bertz CT molecular complexity index is 539. The topological polar surface area (TPSA) is 51.1 Å². The molecule has 1 atom stereocenters. The Kier molecular flexibility index (Phi) is 2.75. The number of hydrogen-bond acceptors (Lipinski definition) is 2. The van der Waals surface area contributed by atoms with Crippen molar-refractivity contribution in [2.75, 3.05) is 5.32 Å². The molecule has 2 rings (SSSR count). The maximum absolute atomic E-state index is 11.9. The fraction of sp³-hybridized carbons (Fsp3) is 0.455. The van der Waals surface area contributed by atoms with Crippen molar-refractivity contribution in [2.45, 2.75) is 17.7 Å². The maximum Gasteiger partial charge on any atom is 0.250 e. The number of pyridine rings is 1. The Hall–Kier alpha value is -1.00. The van der Waals surface area contributed by atoms with Gasteiger partial charge >= 0.3 is 0 Å². The molecule has 1 heterocycles. The molecular weight excluding hydrogens is 263 g/mol. The lowest BCUT2D eigenvalue weighted by Gasteiger charge is -2.12. The first-order chi connectivity index (χ1) is 7.76. The summed E-state index contributed by atoms with van der Waals surface area (Å²) in [6.07, 6.45) is 1.98. The predicted octanol–water partition coefficient (Wildman–Crippen LogP) is 1.91. The van der Waals surface area contributed by atoms with Crippen molar-refractivity contribution in [1.29, 1.82) is 0 Å². The number of aromatic nitrogens is 1. The number of carbonyl (C=O) groups is 1. The van der Waals surface area contributed by atoms with Crippen molar-refractivity contribution in [1.82, 2.24) is 4.57 Å². The zero-order chi connectivity index (χ0) is 12.8. The molecule has 0 saturated heterocycles. The van der Waals surface area contributed by atoms with Gasteiger partial charge in [0.2, 0.25) is 11.5 Å². The second-order valence-electron chi connectivity index (χ2n) is 4.53. The van der Waals surface area contributed by atoms with Crippen LogP contribution in [0.2, 0.25) is 0 Å². The number of alkyl halides is 2. The fourth-order valence-electron chi connectivity index (χ4n) is 1.58. The maximum atomic E-state index is 11.9. The molecule has 0 aliphatic heterocycles. The highest BCUT2D eigenvalue weighted by Crippen LogP contribution is 2.64. The highest BCUT2D eigenvalue weighted by atomic mass is 35.5. The molecule has 1 aromatic rings. The molecule has 1 aromatic heterocycles. The van der Waals surface area contributed by atoms with E-state index in [0.29, 0.717) is 12.1 Å². The number of rotatable bonds is 2. The predicted molar refractivity (Wildman–Crippen MR) is 67.5 cm³/mol. The van der Waals surface area contributed by atoms with E-state index >= 15 is 0 Å². The summed E-state index contributed by atoms with van der Waals surface area (Å²) in [4.78, 5) is 23.1. The largest absolute Gasteiger partial charge is 0.324 e. The molecule has 1 amide bonds. The minimum absolute atomic E-state index is 0.135. The van der Waals surface area contributed by atoms with Crippen molar-refractivity contribution in [3.05, 3.63) is 28.7 Å². The van der Waals surface area contributed by atoms with Crippen LogP contribution in [-0.2, 0) is 11.8 Å². The summed E-state index contributed by atoms with van der Waals surface area (Å²) in [6, 6.07) is 2.94. The van der Waals surface area contributed by atoms with E-state index in [9.17, 15) is 9.59 Å². The van der Waals surface area contributed by atoms with Crippen LogP contribution in [0, 0.1) is 5.41 Å². The van der Waals surface area contributed by atoms with Crippen LogP contribution >= 0.6 is 23.2 Å². The molecule has 1 fully saturated rings. The number of anilines is 1. The summed E-state index contributed by atoms with van der Waals surface area (Å²) in [7, 11) is 1.62. The standard InChI is InChI=1S/C11H12Cl2N2O2/c1-10(6-11(10,12)13)9(17)14-7-3-4-8(16)15(2)5-7/h3-5H,6H2,1-2H3,(H,14,17)/t10-/m0/s1. The summed E-state index contributed by atoms with van der Waals surface area (Å²) in [6.45, 7) is 1.71. The molecule has 0 radical (unpaired) electrons. The van der Waals surface area contributed by atoms with Gasteiger partial charge in [-0.05, 0) is 19.4 Å². The number of aryl methyl sites for hydroxylation is 1. The molecule has 4 nitrogen and oxygen atoms in total. The summed E-state index contributed by atoms with van der Waals surface area (Å²) >= 11 is 11.8. The summed E-state index contributed by atoms with van der Waals surface area (Å²) < 4.78 is 0.400. The monoisotopic (exact) mass is 274 g/mol. The van der Waals surface area contributed by atoms with Crippen molar-refractivity contribution < 1.29 is 4.79 Å². The van der Waals surface area contributed by atoms with Gasteiger partial charge < -0.3 is 9.88 Å². The van der Waals surface area contributed by atoms with Crippen LogP contribution in [0.3, 0.4) is 0 Å². The van der Waals surface area contributed by atoms with Crippen LogP contribution in [-0.4, -0.2) is 14.8 Å². The molecule has 1 N–H and O–H groups in total. The molecule has 1 aliphatic rings. The molecule has 1 saturated carbocycles. The molecule has 1 aliphatic carbocycles. The van der Waals surface area contributed by atoms with Crippen LogP contribution < -0.4 is 10.9 Å². The van der Waals surface area contributed by atoms with E-state index in [1.54, 1.807) is 26.2 Å². The minimum Gasteiger partial charge on any atom is -0.324 e. The van der Waals surface area contributed by atoms with Gasteiger partial charge in [-0.1, -0.05) is 0 Å². The molecule has 0 bridgehead atoms. The van der Waals surface area contributed by atoms with Gasteiger partial charge in [0.15, 0.2) is 0 Å². The third kappa shape index (κ3) is 2.07. The van der Waals surface area contributed by atoms with Gasteiger partial charge in [-0.15, -0.1) is 23.2 Å². The highest BCUT2D eigenvalue weighted by Gasteiger charge is 2.67. The lowest BCUT2D eigenvalue weighted by atomic mass is 10.1. The molecular formula is C11H12Cl2N2O2. The zero-order valence-corrected chi connectivity index (χ0v) is 11.0. The van der Waals surface area contributed by atoms with Crippen molar-refractivity contribution >= 4 is 34.8 Å². The Labute approximate surface area is 109 Å². The van der Waals surface area contributed by atoms with Gasteiger partial charge in [-0.3, -0.25) is 9.59 Å². The van der Waals surface area contributed by atoms with E-state index in [1.165, 1.54) is 10.6 Å². The lowest BCUT2D eigenvalue weighted by molar-refractivity contribution is -0.120.